The zero-order valence-electron chi connectivity index (χ0n) is 16.0. The Morgan fingerprint density at radius 2 is 1.56 bits per heavy atom. The first kappa shape index (κ1) is 19.6. The van der Waals surface area contributed by atoms with Gasteiger partial charge in [0.1, 0.15) is 0 Å². The number of sulfonamides is 1. The molecule has 0 aliphatic carbocycles. The van der Waals surface area contributed by atoms with Crippen molar-refractivity contribution in [1.82, 2.24) is 9.62 Å². The van der Waals surface area contributed by atoms with E-state index in [9.17, 15) is 13.2 Å². The third kappa shape index (κ3) is 4.57. The van der Waals surface area contributed by atoms with E-state index in [-0.39, 0.29) is 11.9 Å². The monoisotopic (exact) mass is 386 g/mol. The SMILES string of the molecule is Cc1ccc(C(=O)N2CCC(NS(=O)(=O)c3ccc(C)cc3C)CC2)cc1. The lowest BCUT2D eigenvalue weighted by molar-refractivity contribution is 0.0711. The van der Waals surface area contributed by atoms with Crippen molar-refractivity contribution in [2.45, 2.75) is 44.6 Å². The van der Waals surface area contributed by atoms with Crippen LogP contribution >= 0.6 is 0 Å². The number of likely N-dealkylation sites (tertiary alicyclic amines) is 1. The third-order valence-electron chi connectivity index (χ3n) is 5.02. The van der Waals surface area contributed by atoms with Gasteiger partial charge in [-0.1, -0.05) is 35.4 Å². The van der Waals surface area contributed by atoms with Crippen LogP contribution in [0.25, 0.3) is 0 Å². The van der Waals surface area contributed by atoms with Crippen LogP contribution in [0.15, 0.2) is 47.4 Å². The lowest BCUT2D eigenvalue weighted by atomic mass is 10.0. The number of amides is 1. The number of nitrogens with one attached hydrogen (secondary N) is 1. The Morgan fingerprint density at radius 1 is 0.963 bits per heavy atom. The molecule has 1 fully saturated rings. The maximum absolute atomic E-state index is 12.7. The van der Waals surface area contributed by atoms with Crippen molar-refractivity contribution in [3.05, 3.63) is 64.7 Å². The van der Waals surface area contributed by atoms with Gasteiger partial charge in [-0.25, -0.2) is 13.1 Å². The molecule has 0 saturated carbocycles. The summed E-state index contributed by atoms with van der Waals surface area (Å²) in [5.41, 5.74) is 3.57. The first-order valence-electron chi connectivity index (χ1n) is 9.22. The molecule has 2 aromatic carbocycles. The minimum absolute atomic E-state index is 0.00526. The van der Waals surface area contributed by atoms with Gasteiger partial charge in [0.05, 0.1) is 4.90 Å². The predicted octanol–water partition coefficient (Wildman–Crippen LogP) is 3.19. The fraction of sp³-hybridized carbons (Fsp3) is 0.381. The van der Waals surface area contributed by atoms with Crippen LogP contribution in [0.3, 0.4) is 0 Å². The maximum Gasteiger partial charge on any atom is 0.253 e. The number of aryl methyl sites for hydroxylation is 3. The Labute approximate surface area is 161 Å². The van der Waals surface area contributed by atoms with E-state index in [1.54, 1.807) is 11.0 Å². The van der Waals surface area contributed by atoms with Gasteiger partial charge >= 0.3 is 0 Å². The minimum Gasteiger partial charge on any atom is -0.339 e. The van der Waals surface area contributed by atoms with Gasteiger partial charge in [-0.05, 0) is 57.4 Å². The van der Waals surface area contributed by atoms with Crippen molar-refractivity contribution in [1.29, 1.82) is 0 Å². The van der Waals surface area contributed by atoms with E-state index < -0.39 is 10.0 Å². The molecular weight excluding hydrogens is 360 g/mol. The van der Waals surface area contributed by atoms with Gasteiger partial charge in [-0.3, -0.25) is 4.79 Å². The molecule has 6 heteroatoms. The zero-order chi connectivity index (χ0) is 19.6. The second-order valence-electron chi connectivity index (χ2n) is 7.32. The van der Waals surface area contributed by atoms with Crippen LogP contribution in [0, 0.1) is 20.8 Å². The largest absolute Gasteiger partial charge is 0.339 e. The highest BCUT2D eigenvalue weighted by Crippen LogP contribution is 2.20. The Morgan fingerprint density at radius 3 is 2.15 bits per heavy atom. The summed E-state index contributed by atoms with van der Waals surface area (Å²) in [5, 5.41) is 0. The fourth-order valence-corrected chi connectivity index (χ4v) is 4.99. The summed E-state index contributed by atoms with van der Waals surface area (Å²) in [4.78, 5) is 14.7. The summed E-state index contributed by atoms with van der Waals surface area (Å²) in [5.74, 6) is 0.00526. The quantitative estimate of drug-likeness (QED) is 0.877. The molecule has 27 heavy (non-hydrogen) atoms. The van der Waals surface area contributed by atoms with Gasteiger partial charge in [0, 0.05) is 24.7 Å². The van der Waals surface area contributed by atoms with Crippen molar-refractivity contribution in [2.24, 2.45) is 0 Å². The lowest BCUT2D eigenvalue weighted by Crippen LogP contribution is -2.46. The number of benzene rings is 2. The number of hydrogen-bond acceptors (Lipinski definition) is 3. The van der Waals surface area contributed by atoms with Crippen molar-refractivity contribution in [2.75, 3.05) is 13.1 Å². The molecular formula is C21H26N2O3S. The smallest absolute Gasteiger partial charge is 0.253 e. The van der Waals surface area contributed by atoms with Crippen molar-refractivity contribution < 1.29 is 13.2 Å². The van der Waals surface area contributed by atoms with Crippen LogP contribution < -0.4 is 4.72 Å². The van der Waals surface area contributed by atoms with Crippen molar-refractivity contribution in [3.63, 3.8) is 0 Å². The molecule has 144 valence electrons. The van der Waals surface area contributed by atoms with Gasteiger partial charge in [0.25, 0.3) is 5.91 Å². The summed E-state index contributed by atoms with van der Waals surface area (Å²) < 4.78 is 28.2. The molecule has 1 aliphatic heterocycles. The number of piperidine rings is 1. The van der Waals surface area contributed by atoms with Gasteiger partial charge < -0.3 is 4.90 Å². The van der Waals surface area contributed by atoms with E-state index in [0.29, 0.717) is 36.4 Å². The van der Waals surface area contributed by atoms with E-state index >= 15 is 0 Å². The predicted molar refractivity (Wildman–Crippen MR) is 106 cm³/mol. The number of rotatable bonds is 4. The van der Waals surface area contributed by atoms with Gasteiger partial charge in [0.15, 0.2) is 0 Å². The van der Waals surface area contributed by atoms with Crippen LogP contribution in [0.5, 0.6) is 0 Å². The number of nitrogens with zero attached hydrogens (tertiary/aromatic N) is 1. The molecule has 5 nitrogen and oxygen atoms in total. The van der Waals surface area contributed by atoms with E-state index in [2.05, 4.69) is 4.72 Å². The van der Waals surface area contributed by atoms with Crippen LogP contribution in [0.2, 0.25) is 0 Å². The average molecular weight is 387 g/mol. The highest BCUT2D eigenvalue weighted by molar-refractivity contribution is 7.89. The molecule has 0 spiro atoms. The maximum atomic E-state index is 12.7. The van der Waals surface area contributed by atoms with E-state index in [1.807, 2.05) is 57.2 Å². The second-order valence-corrected chi connectivity index (χ2v) is 9.01. The molecule has 0 aromatic heterocycles. The summed E-state index contributed by atoms with van der Waals surface area (Å²) >= 11 is 0. The summed E-state index contributed by atoms with van der Waals surface area (Å²) in [7, 11) is -3.56. The van der Waals surface area contributed by atoms with Gasteiger partial charge in [-0.15, -0.1) is 0 Å². The first-order valence-corrected chi connectivity index (χ1v) is 10.7. The van der Waals surface area contributed by atoms with Gasteiger partial charge in [-0.2, -0.15) is 0 Å². The Balaban J connectivity index is 1.62. The molecule has 3 rings (SSSR count). The normalized spacial score (nSPS) is 15.7. The molecule has 2 aromatic rings. The van der Waals surface area contributed by atoms with Crippen LogP contribution in [0.4, 0.5) is 0 Å². The van der Waals surface area contributed by atoms with Crippen molar-refractivity contribution in [3.8, 4) is 0 Å². The summed E-state index contributed by atoms with van der Waals surface area (Å²) in [6, 6.07) is 12.7. The van der Waals surface area contributed by atoms with Crippen LogP contribution in [-0.4, -0.2) is 38.4 Å². The molecule has 1 amide bonds. The number of carbonyl (C=O) groups is 1. The summed E-state index contributed by atoms with van der Waals surface area (Å²) in [6.45, 7) is 6.84. The molecule has 0 unspecified atom stereocenters. The van der Waals surface area contributed by atoms with Crippen LogP contribution in [0.1, 0.15) is 39.9 Å². The Hall–Kier alpha value is -2.18. The van der Waals surface area contributed by atoms with E-state index in [0.717, 1.165) is 16.7 Å². The second kappa shape index (κ2) is 7.82. The minimum atomic E-state index is -3.56. The molecule has 1 saturated heterocycles. The fourth-order valence-electron chi connectivity index (χ4n) is 3.46. The first-order chi connectivity index (χ1) is 12.8. The number of carbonyl (C=O) groups excluding carboxylic acids is 1. The molecule has 1 aliphatic rings. The van der Waals surface area contributed by atoms with Gasteiger partial charge in [0.2, 0.25) is 10.0 Å². The highest BCUT2D eigenvalue weighted by Gasteiger charge is 2.27. The topological polar surface area (TPSA) is 66.5 Å². The summed E-state index contributed by atoms with van der Waals surface area (Å²) in [6.07, 6.45) is 1.23. The molecule has 1 N–H and O–H groups in total. The molecule has 1 heterocycles. The Kier molecular flexibility index (Phi) is 5.67. The lowest BCUT2D eigenvalue weighted by Gasteiger charge is -2.32. The molecule has 0 bridgehead atoms. The van der Waals surface area contributed by atoms with Crippen LogP contribution in [-0.2, 0) is 10.0 Å². The Bertz CT molecular complexity index is 928. The third-order valence-corrected chi connectivity index (χ3v) is 6.70. The van der Waals surface area contributed by atoms with E-state index in [4.69, 9.17) is 0 Å². The van der Waals surface area contributed by atoms with E-state index in [1.165, 1.54) is 0 Å². The zero-order valence-corrected chi connectivity index (χ0v) is 16.8. The molecule has 0 atom stereocenters. The average Bonchev–Trinajstić information content (AvgIpc) is 2.62. The standard InChI is InChI=1S/C21H26N2O3S/c1-15-4-7-18(8-5-15)21(24)23-12-10-19(11-13-23)22-27(25,26)20-9-6-16(2)14-17(20)3/h4-9,14,19,22H,10-13H2,1-3H3. The highest BCUT2D eigenvalue weighted by atomic mass is 32.2. The van der Waals surface area contributed by atoms with Crippen molar-refractivity contribution >= 4 is 15.9 Å². The number of hydrogen-bond donors (Lipinski definition) is 1. The molecule has 0 radical (unpaired) electrons.